The predicted molar refractivity (Wildman–Crippen MR) is 109 cm³/mol. The van der Waals surface area contributed by atoms with Gasteiger partial charge in [-0.15, -0.1) is 0 Å². The van der Waals surface area contributed by atoms with E-state index in [-0.39, 0.29) is 18.8 Å². The summed E-state index contributed by atoms with van der Waals surface area (Å²) >= 11 is 0. The van der Waals surface area contributed by atoms with Crippen molar-refractivity contribution in [3.63, 3.8) is 0 Å². The zero-order chi connectivity index (χ0) is 23.0. The lowest BCUT2D eigenvalue weighted by Gasteiger charge is -2.34. The number of carbonyl (C=O) groups excluding carboxylic acids is 2. The van der Waals surface area contributed by atoms with Crippen LogP contribution in [0.4, 0.5) is 30.2 Å². The molecular formula is C21H18F3N3O5. The van der Waals surface area contributed by atoms with Crippen LogP contribution >= 0.6 is 0 Å². The van der Waals surface area contributed by atoms with Crippen LogP contribution in [0.2, 0.25) is 0 Å². The minimum absolute atomic E-state index is 0.0145. The Kier molecular flexibility index (Phi) is 5.53. The summed E-state index contributed by atoms with van der Waals surface area (Å²) in [7, 11) is 0. The summed E-state index contributed by atoms with van der Waals surface area (Å²) < 4.78 is 48.9. The first kappa shape index (κ1) is 21.7. The van der Waals surface area contributed by atoms with Gasteiger partial charge in [0.1, 0.15) is 11.8 Å². The number of nitrogen functional groups attached to an aromatic ring is 1. The number of fused-ring (bicyclic) bond motifs is 1. The van der Waals surface area contributed by atoms with Gasteiger partial charge < -0.3 is 30.2 Å². The van der Waals surface area contributed by atoms with E-state index < -0.39 is 35.8 Å². The van der Waals surface area contributed by atoms with E-state index in [0.717, 1.165) is 24.3 Å². The summed E-state index contributed by atoms with van der Waals surface area (Å²) in [5.41, 5.74) is 6.25. The predicted octanol–water partition coefficient (Wildman–Crippen LogP) is 2.77. The number of amides is 2. The number of hydrogen-bond acceptors (Lipinski definition) is 6. The fourth-order valence-electron chi connectivity index (χ4n) is 3.40. The van der Waals surface area contributed by atoms with Crippen molar-refractivity contribution in [2.75, 3.05) is 29.1 Å². The molecule has 2 atom stereocenters. The number of hydrogen-bond donors (Lipinski definition) is 3. The molecular weight excluding hydrogens is 431 g/mol. The molecule has 0 saturated carbocycles. The van der Waals surface area contributed by atoms with E-state index in [1.54, 1.807) is 12.1 Å². The van der Waals surface area contributed by atoms with Crippen LogP contribution in [0.3, 0.4) is 0 Å². The molecule has 0 radical (unpaired) electrons. The van der Waals surface area contributed by atoms with Crippen molar-refractivity contribution in [2.24, 2.45) is 0 Å². The van der Waals surface area contributed by atoms with E-state index in [1.165, 1.54) is 17.2 Å². The van der Waals surface area contributed by atoms with Crippen LogP contribution in [0, 0.1) is 0 Å². The molecule has 2 aromatic carbocycles. The van der Waals surface area contributed by atoms with Gasteiger partial charge in [-0.3, -0.25) is 9.59 Å². The van der Waals surface area contributed by atoms with Gasteiger partial charge in [0.25, 0.3) is 11.8 Å². The average Bonchev–Trinajstić information content (AvgIpc) is 3.13. The van der Waals surface area contributed by atoms with Crippen LogP contribution in [-0.2, 0) is 20.5 Å². The summed E-state index contributed by atoms with van der Waals surface area (Å²) in [6, 6.07) is 8.71. The van der Waals surface area contributed by atoms with E-state index in [9.17, 15) is 27.9 Å². The Morgan fingerprint density at radius 1 is 1.22 bits per heavy atom. The number of nitrogens with one attached hydrogen (secondary N) is 1. The number of furan rings is 1. The van der Waals surface area contributed by atoms with Crippen LogP contribution in [0.15, 0.2) is 53.1 Å². The van der Waals surface area contributed by atoms with Crippen molar-refractivity contribution >= 4 is 39.8 Å². The molecule has 4 N–H and O–H groups in total. The van der Waals surface area contributed by atoms with Crippen molar-refractivity contribution < 1.29 is 37.0 Å². The average molecular weight is 449 g/mol. The Morgan fingerprint density at radius 3 is 2.62 bits per heavy atom. The largest absolute Gasteiger partial charge is 0.462 e. The third-order valence-corrected chi connectivity index (χ3v) is 5.06. The highest BCUT2D eigenvalue weighted by Gasteiger charge is 2.39. The highest BCUT2D eigenvalue weighted by Crippen LogP contribution is 2.31. The molecule has 32 heavy (non-hydrogen) atoms. The molecule has 1 aliphatic rings. The van der Waals surface area contributed by atoms with Gasteiger partial charge in [-0.2, -0.15) is 13.2 Å². The molecule has 11 heteroatoms. The minimum Gasteiger partial charge on any atom is -0.462 e. The Balaban J connectivity index is 1.47. The smallest absolute Gasteiger partial charge is 0.416 e. The first-order chi connectivity index (χ1) is 15.1. The van der Waals surface area contributed by atoms with Gasteiger partial charge in [0.05, 0.1) is 17.9 Å². The maximum atomic E-state index is 12.8. The molecule has 1 aromatic heterocycles. The van der Waals surface area contributed by atoms with E-state index in [2.05, 4.69) is 5.32 Å². The molecule has 1 fully saturated rings. The van der Waals surface area contributed by atoms with Gasteiger partial charge in [-0.05, 0) is 36.4 Å². The lowest BCUT2D eigenvalue weighted by molar-refractivity contribution is -0.150. The highest BCUT2D eigenvalue weighted by molar-refractivity contribution is 6.04. The summed E-state index contributed by atoms with van der Waals surface area (Å²) in [5.74, 6) is -1.63. The number of halogens is 3. The second-order valence-electron chi connectivity index (χ2n) is 7.16. The standard InChI is InChI=1S/C21H18F3N3O5/c22-21(23,24)11-1-4-13(5-2-11)27-7-8-31-18(20(27)30)17(28)19(29)26-12-3-6-14-15(25)10-32-16(14)9-12/h1-6,9-10,17-18,28H,7-8,25H2,(H,26,29). The van der Waals surface area contributed by atoms with Crippen LogP contribution in [0.1, 0.15) is 5.56 Å². The quantitative estimate of drug-likeness (QED) is 0.564. The van der Waals surface area contributed by atoms with Crippen molar-refractivity contribution in [2.45, 2.75) is 18.4 Å². The normalized spacial score (nSPS) is 18.1. The van der Waals surface area contributed by atoms with Gasteiger partial charge in [0, 0.05) is 29.4 Å². The second-order valence-corrected chi connectivity index (χ2v) is 7.16. The summed E-state index contributed by atoms with van der Waals surface area (Å²) in [6.45, 7) is 0.0466. The molecule has 2 unspecified atom stereocenters. The van der Waals surface area contributed by atoms with E-state index in [1.807, 2.05) is 0 Å². The number of aliphatic hydroxyl groups excluding tert-OH is 1. The lowest BCUT2D eigenvalue weighted by Crippen LogP contribution is -2.55. The molecule has 2 amide bonds. The SMILES string of the molecule is Nc1coc2cc(NC(=O)C(O)C3OCCN(c4ccc(C(F)(F)F)cc4)C3=O)ccc12. The fourth-order valence-corrected chi connectivity index (χ4v) is 3.40. The molecule has 0 aliphatic carbocycles. The fraction of sp³-hybridized carbons (Fsp3) is 0.238. The number of rotatable bonds is 4. The van der Waals surface area contributed by atoms with Crippen molar-refractivity contribution in [1.29, 1.82) is 0 Å². The molecule has 8 nitrogen and oxygen atoms in total. The number of ether oxygens (including phenoxy) is 1. The number of aliphatic hydroxyl groups is 1. The Morgan fingerprint density at radius 2 is 1.94 bits per heavy atom. The van der Waals surface area contributed by atoms with Gasteiger partial charge in [0.15, 0.2) is 12.2 Å². The van der Waals surface area contributed by atoms with Gasteiger partial charge in [-0.25, -0.2) is 0 Å². The highest BCUT2D eigenvalue weighted by atomic mass is 19.4. The van der Waals surface area contributed by atoms with Crippen molar-refractivity contribution in [3.05, 3.63) is 54.3 Å². The molecule has 3 aromatic rings. The Labute approximate surface area is 179 Å². The molecule has 0 bridgehead atoms. The van der Waals surface area contributed by atoms with E-state index in [0.29, 0.717) is 22.3 Å². The Hall–Kier alpha value is -3.57. The summed E-state index contributed by atoms with van der Waals surface area (Å²) in [6.07, 6.45) is -6.52. The Bertz CT molecular complexity index is 1160. The third-order valence-electron chi connectivity index (χ3n) is 5.06. The number of nitrogens with zero attached hydrogens (tertiary/aromatic N) is 1. The zero-order valence-electron chi connectivity index (χ0n) is 16.4. The van der Waals surface area contributed by atoms with Gasteiger partial charge in [0.2, 0.25) is 0 Å². The number of benzene rings is 2. The van der Waals surface area contributed by atoms with Gasteiger partial charge in [-0.1, -0.05) is 0 Å². The molecule has 0 spiro atoms. The van der Waals surface area contributed by atoms with Crippen LogP contribution < -0.4 is 16.0 Å². The maximum absolute atomic E-state index is 12.8. The third kappa shape index (κ3) is 4.12. The first-order valence-electron chi connectivity index (χ1n) is 9.51. The van der Waals surface area contributed by atoms with Crippen LogP contribution in [0.25, 0.3) is 11.0 Å². The number of alkyl halides is 3. The maximum Gasteiger partial charge on any atom is 0.416 e. The summed E-state index contributed by atoms with van der Waals surface area (Å²) in [5, 5.41) is 13.6. The molecule has 4 rings (SSSR count). The summed E-state index contributed by atoms with van der Waals surface area (Å²) in [4.78, 5) is 26.5. The van der Waals surface area contributed by atoms with Gasteiger partial charge >= 0.3 is 6.18 Å². The van der Waals surface area contributed by atoms with Crippen LogP contribution in [0.5, 0.6) is 0 Å². The van der Waals surface area contributed by atoms with E-state index >= 15 is 0 Å². The number of nitrogens with two attached hydrogens (primary N) is 1. The molecule has 1 saturated heterocycles. The number of anilines is 3. The topological polar surface area (TPSA) is 118 Å². The molecule has 168 valence electrons. The van der Waals surface area contributed by atoms with E-state index in [4.69, 9.17) is 14.9 Å². The molecule has 1 aliphatic heterocycles. The monoisotopic (exact) mass is 449 g/mol. The van der Waals surface area contributed by atoms with Crippen LogP contribution in [-0.4, -0.2) is 42.3 Å². The lowest BCUT2D eigenvalue weighted by atomic mass is 10.1. The first-order valence-corrected chi connectivity index (χ1v) is 9.51. The van der Waals surface area contributed by atoms with Crippen molar-refractivity contribution in [3.8, 4) is 0 Å². The number of carbonyl (C=O) groups is 2. The minimum atomic E-state index is -4.51. The number of morpholine rings is 1. The zero-order valence-corrected chi connectivity index (χ0v) is 16.4. The second kappa shape index (κ2) is 8.17. The van der Waals surface area contributed by atoms with Crippen molar-refractivity contribution in [1.82, 2.24) is 0 Å². The molecule has 2 heterocycles.